The Morgan fingerprint density at radius 1 is 1.04 bits per heavy atom. The van der Waals surface area contributed by atoms with E-state index in [2.05, 4.69) is 9.80 Å². The average Bonchev–Trinajstić information content (AvgIpc) is 2.62. The van der Waals surface area contributed by atoms with Crippen LogP contribution >= 0.6 is 0 Å². The highest BCUT2D eigenvalue weighted by atomic mass is 19.1. The second-order valence-electron chi connectivity index (χ2n) is 7.32. The summed E-state index contributed by atoms with van der Waals surface area (Å²) in [6, 6.07) is 13.6. The molecule has 0 aliphatic carbocycles. The van der Waals surface area contributed by atoms with E-state index in [-0.39, 0.29) is 23.3 Å². The van der Waals surface area contributed by atoms with Crippen LogP contribution in [0.3, 0.4) is 0 Å². The first-order valence-corrected chi connectivity index (χ1v) is 9.13. The zero-order valence-electron chi connectivity index (χ0n) is 15.0. The van der Waals surface area contributed by atoms with E-state index in [1.807, 2.05) is 12.1 Å². The molecule has 0 saturated carbocycles. The molecule has 2 saturated heterocycles. The van der Waals surface area contributed by atoms with Crippen molar-refractivity contribution < 1.29 is 13.5 Å². The van der Waals surface area contributed by atoms with Crippen LogP contribution < -0.4 is 4.90 Å². The lowest BCUT2D eigenvalue weighted by atomic mass is 9.73. The first-order valence-electron chi connectivity index (χ1n) is 9.13. The van der Waals surface area contributed by atoms with Crippen molar-refractivity contribution in [1.82, 2.24) is 4.90 Å². The van der Waals surface area contributed by atoms with Crippen LogP contribution in [0.2, 0.25) is 0 Å². The van der Waals surface area contributed by atoms with Gasteiger partial charge in [0, 0.05) is 39.0 Å². The summed E-state index contributed by atoms with van der Waals surface area (Å²) in [5.74, 6) is -0.395. The molecular formula is C21H24F2N2O. The monoisotopic (exact) mass is 358 g/mol. The number of nitrogens with zero attached hydrogens (tertiary/aromatic N) is 2. The summed E-state index contributed by atoms with van der Waals surface area (Å²) in [6.45, 7) is 3.39. The molecule has 138 valence electrons. The van der Waals surface area contributed by atoms with Gasteiger partial charge in [0.2, 0.25) is 0 Å². The maximum atomic E-state index is 13.7. The third-order valence-electron chi connectivity index (χ3n) is 5.91. The van der Waals surface area contributed by atoms with Gasteiger partial charge in [0.25, 0.3) is 0 Å². The SMILES string of the molecule is COC1CN(c2cccc(F)c2)C12CCN(Cc1cccc(F)c1)CC2. The lowest BCUT2D eigenvalue weighted by Gasteiger charge is -2.62. The Labute approximate surface area is 153 Å². The normalized spacial score (nSPS) is 22.4. The Bertz CT molecular complexity index is 774. The minimum atomic E-state index is -0.206. The van der Waals surface area contributed by atoms with Gasteiger partial charge in [0.05, 0.1) is 11.6 Å². The lowest BCUT2D eigenvalue weighted by Crippen LogP contribution is -2.74. The van der Waals surface area contributed by atoms with Gasteiger partial charge in [0.15, 0.2) is 0 Å². The molecule has 2 fully saturated rings. The molecule has 26 heavy (non-hydrogen) atoms. The minimum Gasteiger partial charge on any atom is -0.377 e. The van der Waals surface area contributed by atoms with E-state index in [0.717, 1.165) is 50.3 Å². The third-order valence-corrected chi connectivity index (χ3v) is 5.91. The molecule has 0 N–H and O–H groups in total. The predicted molar refractivity (Wildman–Crippen MR) is 98.2 cm³/mol. The number of piperidine rings is 1. The van der Waals surface area contributed by atoms with Gasteiger partial charge in [0.1, 0.15) is 11.6 Å². The number of likely N-dealkylation sites (tertiary alicyclic amines) is 1. The van der Waals surface area contributed by atoms with Gasteiger partial charge >= 0.3 is 0 Å². The van der Waals surface area contributed by atoms with Gasteiger partial charge in [-0.25, -0.2) is 8.78 Å². The molecule has 0 radical (unpaired) electrons. The predicted octanol–water partition coefficient (Wildman–Crippen LogP) is 3.83. The summed E-state index contributed by atoms with van der Waals surface area (Å²) < 4.78 is 32.8. The molecule has 0 aromatic heterocycles. The van der Waals surface area contributed by atoms with Crippen LogP contribution in [0.25, 0.3) is 0 Å². The topological polar surface area (TPSA) is 15.7 Å². The van der Waals surface area contributed by atoms with Crippen molar-refractivity contribution in [3.05, 3.63) is 65.7 Å². The first kappa shape index (κ1) is 17.4. The van der Waals surface area contributed by atoms with Gasteiger partial charge in [-0.2, -0.15) is 0 Å². The van der Waals surface area contributed by atoms with Gasteiger partial charge in [-0.1, -0.05) is 18.2 Å². The Balaban J connectivity index is 1.46. The summed E-state index contributed by atoms with van der Waals surface area (Å²) >= 11 is 0. The van der Waals surface area contributed by atoms with Crippen molar-refractivity contribution in [3.8, 4) is 0 Å². The number of methoxy groups -OCH3 is 1. The van der Waals surface area contributed by atoms with Crippen LogP contribution in [-0.2, 0) is 11.3 Å². The number of hydrogen-bond donors (Lipinski definition) is 0. The fourth-order valence-electron chi connectivity index (χ4n) is 4.46. The smallest absolute Gasteiger partial charge is 0.125 e. The third kappa shape index (κ3) is 3.10. The molecule has 2 heterocycles. The van der Waals surface area contributed by atoms with Crippen LogP contribution in [0.5, 0.6) is 0 Å². The maximum Gasteiger partial charge on any atom is 0.125 e. The zero-order chi connectivity index (χ0) is 18.1. The van der Waals surface area contributed by atoms with Crippen molar-refractivity contribution in [2.24, 2.45) is 0 Å². The summed E-state index contributed by atoms with van der Waals surface area (Å²) in [5.41, 5.74) is 1.86. The summed E-state index contributed by atoms with van der Waals surface area (Å²) in [5, 5.41) is 0. The summed E-state index contributed by atoms with van der Waals surface area (Å²) in [6.07, 6.45) is 2.08. The van der Waals surface area contributed by atoms with Gasteiger partial charge in [-0.15, -0.1) is 0 Å². The molecule has 2 aromatic rings. The molecule has 2 aromatic carbocycles. The number of benzene rings is 2. The van der Waals surface area contributed by atoms with Crippen LogP contribution in [0, 0.1) is 11.6 Å². The Hall–Kier alpha value is -1.98. The average molecular weight is 358 g/mol. The Morgan fingerprint density at radius 3 is 2.38 bits per heavy atom. The number of halogens is 2. The van der Waals surface area contributed by atoms with Crippen LogP contribution in [-0.4, -0.2) is 43.3 Å². The number of anilines is 1. The summed E-state index contributed by atoms with van der Waals surface area (Å²) in [7, 11) is 1.76. The minimum absolute atomic E-state index is 0.0685. The van der Waals surface area contributed by atoms with Gasteiger partial charge in [-0.05, 0) is 48.7 Å². The molecule has 3 nitrogen and oxygen atoms in total. The van der Waals surface area contributed by atoms with E-state index in [9.17, 15) is 8.78 Å². The molecule has 1 atom stereocenters. The number of rotatable bonds is 4. The quantitative estimate of drug-likeness (QED) is 0.826. The highest BCUT2D eigenvalue weighted by Crippen LogP contribution is 2.44. The number of hydrogen-bond acceptors (Lipinski definition) is 3. The fourth-order valence-corrected chi connectivity index (χ4v) is 4.46. The standard InChI is InChI=1S/C21H24F2N2O/c1-26-20-15-25(19-7-3-6-18(23)13-19)21(20)8-10-24(11-9-21)14-16-4-2-5-17(22)12-16/h2-7,12-13,20H,8-11,14-15H2,1H3. The van der Waals surface area contributed by atoms with Crippen LogP contribution in [0.1, 0.15) is 18.4 Å². The van der Waals surface area contributed by atoms with E-state index in [4.69, 9.17) is 4.74 Å². The highest BCUT2D eigenvalue weighted by molar-refractivity contribution is 5.54. The van der Waals surface area contributed by atoms with E-state index in [1.165, 1.54) is 12.1 Å². The molecule has 0 bridgehead atoms. The summed E-state index contributed by atoms with van der Waals surface area (Å²) in [4.78, 5) is 4.65. The second-order valence-corrected chi connectivity index (χ2v) is 7.32. The van der Waals surface area contributed by atoms with Crippen molar-refractivity contribution in [2.75, 3.05) is 31.6 Å². The first-order chi connectivity index (χ1) is 12.6. The number of ether oxygens (including phenoxy) is 1. The maximum absolute atomic E-state index is 13.7. The molecule has 1 unspecified atom stereocenters. The largest absolute Gasteiger partial charge is 0.377 e. The van der Waals surface area contributed by atoms with Crippen molar-refractivity contribution in [3.63, 3.8) is 0 Å². The van der Waals surface area contributed by atoms with Crippen molar-refractivity contribution in [2.45, 2.75) is 31.0 Å². The van der Waals surface area contributed by atoms with Gasteiger partial charge in [-0.3, -0.25) is 4.90 Å². The second kappa shape index (κ2) is 6.97. The van der Waals surface area contributed by atoms with Crippen LogP contribution in [0.4, 0.5) is 14.5 Å². The van der Waals surface area contributed by atoms with Gasteiger partial charge < -0.3 is 9.64 Å². The van der Waals surface area contributed by atoms with E-state index >= 15 is 0 Å². The molecular weight excluding hydrogens is 334 g/mol. The van der Waals surface area contributed by atoms with E-state index < -0.39 is 0 Å². The van der Waals surface area contributed by atoms with E-state index in [1.54, 1.807) is 31.4 Å². The highest BCUT2D eigenvalue weighted by Gasteiger charge is 2.54. The zero-order valence-corrected chi connectivity index (χ0v) is 15.0. The molecule has 5 heteroatoms. The Morgan fingerprint density at radius 2 is 1.73 bits per heavy atom. The fraction of sp³-hybridized carbons (Fsp3) is 0.429. The van der Waals surface area contributed by atoms with E-state index in [0.29, 0.717) is 0 Å². The molecule has 4 rings (SSSR count). The molecule has 2 aliphatic heterocycles. The molecule has 0 amide bonds. The van der Waals surface area contributed by atoms with Crippen molar-refractivity contribution >= 4 is 5.69 Å². The molecule has 2 aliphatic rings. The lowest BCUT2D eigenvalue weighted by molar-refractivity contribution is -0.0472. The van der Waals surface area contributed by atoms with Crippen molar-refractivity contribution in [1.29, 1.82) is 0 Å². The Kier molecular flexibility index (Phi) is 4.67. The molecule has 1 spiro atoms. The van der Waals surface area contributed by atoms with Crippen LogP contribution in [0.15, 0.2) is 48.5 Å².